The average Bonchev–Trinajstić information content (AvgIpc) is 2.64. The van der Waals surface area contributed by atoms with E-state index >= 15 is 0 Å². The largest absolute Gasteiger partial charge is 0.496 e. The van der Waals surface area contributed by atoms with Crippen LogP contribution in [0.4, 0.5) is 5.69 Å². The Bertz CT molecular complexity index is 676. The average molecular weight is 323 g/mol. The lowest BCUT2D eigenvalue weighted by molar-refractivity contribution is 0.401. The molecule has 126 valence electrons. The molecule has 0 heterocycles. The molecule has 4 nitrogen and oxygen atoms in total. The monoisotopic (exact) mass is 323 g/mol. The summed E-state index contributed by atoms with van der Waals surface area (Å²) in [7, 11) is 3.71. The molecule has 24 heavy (non-hydrogen) atoms. The summed E-state index contributed by atoms with van der Waals surface area (Å²) in [5, 5.41) is 12.2. The standard InChI is InChI=1S/C20H25N3O/c1-16(19-7-4-5-8-20(19)24-3)22-15-17-9-11-18(12-10-17)23(2)14-6-13-21/h4-5,7-12,16,22H,6,14-15H2,1-3H3/t16-/m1/s1. The molecule has 2 aromatic rings. The summed E-state index contributed by atoms with van der Waals surface area (Å²) in [5.74, 6) is 0.909. The lowest BCUT2D eigenvalue weighted by atomic mass is 10.1. The molecule has 0 unspecified atom stereocenters. The van der Waals surface area contributed by atoms with Crippen molar-refractivity contribution in [1.29, 1.82) is 5.26 Å². The second-order valence-corrected chi connectivity index (χ2v) is 5.84. The van der Waals surface area contributed by atoms with Crippen molar-refractivity contribution < 1.29 is 4.74 Å². The van der Waals surface area contributed by atoms with Gasteiger partial charge in [0.2, 0.25) is 0 Å². The van der Waals surface area contributed by atoms with E-state index in [1.54, 1.807) is 7.11 Å². The van der Waals surface area contributed by atoms with Crippen LogP contribution < -0.4 is 15.0 Å². The molecule has 1 N–H and O–H groups in total. The smallest absolute Gasteiger partial charge is 0.123 e. The van der Waals surface area contributed by atoms with Gasteiger partial charge in [0.15, 0.2) is 0 Å². The third kappa shape index (κ3) is 4.74. The van der Waals surface area contributed by atoms with Gasteiger partial charge < -0.3 is 15.0 Å². The first kappa shape index (κ1) is 17.8. The van der Waals surface area contributed by atoms with Crippen molar-refractivity contribution in [2.75, 3.05) is 25.6 Å². The molecule has 0 aliphatic rings. The number of rotatable bonds is 8. The van der Waals surface area contributed by atoms with E-state index in [0.29, 0.717) is 6.42 Å². The van der Waals surface area contributed by atoms with E-state index in [9.17, 15) is 0 Å². The molecule has 0 aliphatic carbocycles. The molecule has 0 amide bonds. The molecular weight excluding hydrogens is 298 g/mol. The highest BCUT2D eigenvalue weighted by Crippen LogP contribution is 2.24. The van der Waals surface area contributed by atoms with Crippen LogP contribution in [0.1, 0.15) is 30.5 Å². The van der Waals surface area contributed by atoms with Crippen LogP contribution in [0.2, 0.25) is 0 Å². The maximum Gasteiger partial charge on any atom is 0.123 e. The van der Waals surface area contributed by atoms with Crippen molar-refractivity contribution in [2.24, 2.45) is 0 Å². The fourth-order valence-electron chi connectivity index (χ4n) is 2.62. The van der Waals surface area contributed by atoms with Gasteiger partial charge in [0, 0.05) is 37.4 Å². The Balaban J connectivity index is 1.93. The van der Waals surface area contributed by atoms with Crippen molar-refractivity contribution in [3.8, 4) is 11.8 Å². The highest BCUT2D eigenvalue weighted by atomic mass is 16.5. The van der Waals surface area contributed by atoms with Crippen molar-refractivity contribution >= 4 is 5.69 Å². The van der Waals surface area contributed by atoms with Gasteiger partial charge in [0.1, 0.15) is 5.75 Å². The SMILES string of the molecule is COc1ccccc1[C@@H](C)NCc1ccc(N(C)CCC#N)cc1. The molecular formula is C20H25N3O. The Morgan fingerprint density at radius 3 is 2.54 bits per heavy atom. The number of anilines is 1. The van der Waals surface area contributed by atoms with Crippen molar-refractivity contribution in [2.45, 2.75) is 25.9 Å². The lowest BCUT2D eigenvalue weighted by Crippen LogP contribution is -2.19. The first-order valence-corrected chi connectivity index (χ1v) is 8.19. The molecule has 4 heteroatoms. The third-order valence-corrected chi connectivity index (χ3v) is 4.15. The van der Waals surface area contributed by atoms with E-state index in [1.165, 1.54) is 5.56 Å². The first-order valence-electron chi connectivity index (χ1n) is 8.19. The minimum absolute atomic E-state index is 0.208. The van der Waals surface area contributed by atoms with Gasteiger partial charge in [-0.05, 0) is 30.7 Å². The number of nitrogens with one attached hydrogen (secondary N) is 1. The Morgan fingerprint density at radius 1 is 1.17 bits per heavy atom. The number of benzene rings is 2. The fourth-order valence-corrected chi connectivity index (χ4v) is 2.62. The van der Waals surface area contributed by atoms with Gasteiger partial charge in [-0.25, -0.2) is 0 Å². The molecule has 0 aliphatic heterocycles. The summed E-state index contributed by atoms with van der Waals surface area (Å²) in [6.07, 6.45) is 0.538. The lowest BCUT2D eigenvalue weighted by Gasteiger charge is -2.19. The minimum atomic E-state index is 0.208. The quantitative estimate of drug-likeness (QED) is 0.800. The maximum atomic E-state index is 8.67. The Hall–Kier alpha value is -2.51. The van der Waals surface area contributed by atoms with E-state index in [2.05, 4.69) is 53.5 Å². The van der Waals surface area contributed by atoms with E-state index < -0.39 is 0 Å². The van der Waals surface area contributed by atoms with Gasteiger partial charge in [-0.2, -0.15) is 5.26 Å². The van der Waals surface area contributed by atoms with Gasteiger partial charge in [-0.3, -0.25) is 0 Å². The molecule has 2 rings (SSSR count). The second-order valence-electron chi connectivity index (χ2n) is 5.84. The van der Waals surface area contributed by atoms with Crippen LogP contribution >= 0.6 is 0 Å². The van der Waals surface area contributed by atoms with Crippen LogP contribution in [-0.4, -0.2) is 20.7 Å². The van der Waals surface area contributed by atoms with Gasteiger partial charge in [-0.1, -0.05) is 30.3 Å². The highest BCUT2D eigenvalue weighted by molar-refractivity contribution is 5.47. The van der Waals surface area contributed by atoms with Crippen molar-refractivity contribution in [3.05, 3.63) is 59.7 Å². The van der Waals surface area contributed by atoms with E-state index in [-0.39, 0.29) is 6.04 Å². The summed E-state index contributed by atoms with van der Waals surface area (Å²) in [6.45, 7) is 3.68. The van der Waals surface area contributed by atoms with Gasteiger partial charge >= 0.3 is 0 Å². The van der Waals surface area contributed by atoms with Gasteiger partial charge in [-0.15, -0.1) is 0 Å². The predicted molar refractivity (Wildman–Crippen MR) is 98.2 cm³/mol. The number of ether oxygens (including phenoxy) is 1. The Morgan fingerprint density at radius 2 is 1.88 bits per heavy atom. The zero-order valence-corrected chi connectivity index (χ0v) is 14.6. The van der Waals surface area contributed by atoms with Crippen LogP contribution in [0.15, 0.2) is 48.5 Å². The fraction of sp³-hybridized carbons (Fsp3) is 0.350. The van der Waals surface area contributed by atoms with E-state index in [4.69, 9.17) is 10.00 Å². The summed E-state index contributed by atoms with van der Waals surface area (Å²) in [5.41, 5.74) is 3.52. The van der Waals surface area contributed by atoms with Crippen LogP contribution in [0.5, 0.6) is 5.75 Å². The van der Waals surface area contributed by atoms with Crippen LogP contribution in [-0.2, 0) is 6.54 Å². The van der Waals surface area contributed by atoms with Gasteiger partial charge in [0.05, 0.1) is 19.6 Å². The summed E-state index contributed by atoms with van der Waals surface area (Å²) >= 11 is 0. The van der Waals surface area contributed by atoms with Crippen LogP contribution in [0.25, 0.3) is 0 Å². The normalized spacial score (nSPS) is 11.6. The van der Waals surface area contributed by atoms with Crippen molar-refractivity contribution in [3.63, 3.8) is 0 Å². The maximum absolute atomic E-state index is 8.67. The molecule has 0 radical (unpaired) electrons. The zero-order valence-electron chi connectivity index (χ0n) is 14.6. The van der Waals surface area contributed by atoms with E-state index in [0.717, 1.165) is 30.1 Å². The minimum Gasteiger partial charge on any atom is -0.496 e. The van der Waals surface area contributed by atoms with Crippen LogP contribution in [0, 0.1) is 11.3 Å². The number of hydrogen-bond acceptors (Lipinski definition) is 4. The molecule has 0 bridgehead atoms. The molecule has 1 atom stereocenters. The molecule has 0 saturated carbocycles. The predicted octanol–water partition coefficient (Wildman–Crippen LogP) is 3.90. The number of methoxy groups -OCH3 is 1. The topological polar surface area (TPSA) is 48.3 Å². The number of para-hydroxylation sites is 1. The second kappa shape index (κ2) is 8.95. The number of hydrogen-bond donors (Lipinski definition) is 1. The molecule has 0 spiro atoms. The van der Waals surface area contributed by atoms with Gasteiger partial charge in [0.25, 0.3) is 0 Å². The van der Waals surface area contributed by atoms with E-state index in [1.807, 2.05) is 25.2 Å². The Kier molecular flexibility index (Phi) is 6.65. The van der Waals surface area contributed by atoms with Crippen LogP contribution in [0.3, 0.4) is 0 Å². The number of nitriles is 1. The molecule has 0 saturated heterocycles. The third-order valence-electron chi connectivity index (χ3n) is 4.15. The first-order chi connectivity index (χ1) is 11.7. The molecule has 2 aromatic carbocycles. The zero-order chi connectivity index (χ0) is 17.4. The van der Waals surface area contributed by atoms with Crippen molar-refractivity contribution in [1.82, 2.24) is 5.32 Å². The summed E-state index contributed by atoms with van der Waals surface area (Å²) in [6, 6.07) is 18.9. The Labute approximate surface area is 144 Å². The number of nitrogens with zero attached hydrogens (tertiary/aromatic N) is 2. The highest BCUT2D eigenvalue weighted by Gasteiger charge is 2.10. The molecule has 0 fully saturated rings. The summed E-state index contributed by atoms with van der Waals surface area (Å²) < 4.78 is 5.42. The summed E-state index contributed by atoms with van der Waals surface area (Å²) in [4.78, 5) is 2.10. The molecule has 0 aromatic heterocycles.